The van der Waals surface area contributed by atoms with E-state index in [9.17, 15) is 4.79 Å². The number of hydrogen-bond donors (Lipinski definition) is 0. The summed E-state index contributed by atoms with van der Waals surface area (Å²) in [7, 11) is 1.90. The molecule has 4 rings (SSSR count). The monoisotopic (exact) mass is 401 g/mol. The Labute approximate surface area is 169 Å². The second-order valence-electron chi connectivity index (χ2n) is 7.43. The summed E-state index contributed by atoms with van der Waals surface area (Å²) in [6.45, 7) is 6.44. The predicted octanol–water partition coefficient (Wildman–Crippen LogP) is 3.15. The lowest BCUT2D eigenvalue weighted by Crippen LogP contribution is -2.49. The molecule has 28 heavy (non-hydrogen) atoms. The number of nitrogens with zero attached hydrogens (tertiary/aromatic N) is 5. The van der Waals surface area contributed by atoms with Crippen molar-refractivity contribution in [1.82, 2.24) is 19.7 Å². The Kier molecular flexibility index (Phi) is 5.02. The fourth-order valence-electron chi connectivity index (χ4n) is 3.74. The van der Waals surface area contributed by atoms with E-state index in [0.717, 1.165) is 46.2 Å². The molecule has 2 aliphatic rings. The van der Waals surface area contributed by atoms with Gasteiger partial charge in [0.2, 0.25) is 0 Å². The van der Waals surface area contributed by atoms with Gasteiger partial charge in [0.25, 0.3) is 0 Å². The van der Waals surface area contributed by atoms with Gasteiger partial charge in [0.1, 0.15) is 0 Å². The third-order valence-electron chi connectivity index (χ3n) is 5.10. The van der Waals surface area contributed by atoms with E-state index in [-0.39, 0.29) is 12.2 Å². The molecule has 0 atom stereocenters. The van der Waals surface area contributed by atoms with Crippen molar-refractivity contribution in [3.63, 3.8) is 0 Å². The molecule has 0 bridgehead atoms. The van der Waals surface area contributed by atoms with E-state index in [1.807, 2.05) is 45.6 Å². The zero-order valence-corrected chi connectivity index (χ0v) is 17.1. The van der Waals surface area contributed by atoms with Gasteiger partial charge in [-0.15, -0.1) is 0 Å². The summed E-state index contributed by atoms with van der Waals surface area (Å²) in [6, 6.07) is 2.01. The van der Waals surface area contributed by atoms with Crippen molar-refractivity contribution in [3.05, 3.63) is 41.5 Å². The summed E-state index contributed by atoms with van der Waals surface area (Å²) in [6.07, 6.45) is 6.00. The normalized spacial score (nSPS) is 16.8. The molecule has 0 radical (unpaired) electrons. The highest BCUT2D eigenvalue weighted by Gasteiger charge is 2.30. The zero-order chi connectivity index (χ0) is 19.8. The van der Waals surface area contributed by atoms with Crippen LogP contribution in [-0.2, 0) is 18.2 Å². The molecule has 0 aromatic carbocycles. The number of rotatable bonds is 3. The molecule has 0 unspecified atom stereocenters. The van der Waals surface area contributed by atoms with Crippen molar-refractivity contribution in [1.29, 1.82) is 0 Å². The summed E-state index contributed by atoms with van der Waals surface area (Å²) in [5.74, 6) is 0. The molecule has 2 aromatic rings. The number of ether oxygens (including phenoxy) is 1. The minimum Gasteiger partial charge on any atom is -0.447 e. The fourth-order valence-corrected chi connectivity index (χ4v) is 4.12. The van der Waals surface area contributed by atoms with Gasteiger partial charge in [-0.1, -0.05) is 11.6 Å². The molecule has 148 valence electrons. The number of amides is 1. The number of pyridine rings is 1. The maximum atomic E-state index is 12.1. The Morgan fingerprint density at radius 3 is 2.64 bits per heavy atom. The highest BCUT2D eigenvalue weighted by Crippen LogP contribution is 2.44. The third-order valence-corrected chi connectivity index (χ3v) is 5.52. The van der Waals surface area contributed by atoms with Gasteiger partial charge in [0.15, 0.2) is 0 Å². The van der Waals surface area contributed by atoms with Gasteiger partial charge in [-0.05, 0) is 25.5 Å². The Morgan fingerprint density at radius 1 is 1.25 bits per heavy atom. The molecule has 1 aliphatic heterocycles. The SMILES string of the molecule is CC(C)OC(=O)N1CCN(c2ccnc3c2C(Cl)=C(c2cnn(C)c2)C3)CC1. The fraction of sp³-hybridized carbons (Fsp3) is 0.450. The maximum Gasteiger partial charge on any atom is 0.410 e. The number of hydrogen-bond acceptors (Lipinski definition) is 5. The van der Waals surface area contributed by atoms with Gasteiger partial charge >= 0.3 is 6.09 Å². The Hall–Kier alpha value is -2.54. The number of halogens is 1. The van der Waals surface area contributed by atoms with E-state index in [1.165, 1.54) is 0 Å². The Bertz CT molecular complexity index is 928. The lowest BCUT2D eigenvalue weighted by atomic mass is 10.1. The second kappa shape index (κ2) is 7.47. The van der Waals surface area contributed by atoms with Gasteiger partial charge in [-0.3, -0.25) is 9.67 Å². The van der Waals surface area contributed by atoms with E-state index in [2.05, 4.69) is 15.0 Å². The number of piperazine rings is 1. The lowest BCUT2D eigenvalue weighted by Gasteiger charge is -2.36. The minimum absolute atomic E-state index is 0.108. The summed E-state index contributed by atoms with van der Waals surface area (Å²) >= 11 is 6.80. The molecule has 8 heteroatoms. The van der Waals surface area contributed by atoms with Crippen molar-refractivity contribution < 1.29 is 9.53 Å². The van der Waals surface area contributed by atoms with Crippen LogP contribution in [0.15, 0.2) is 24.7 Å². The number of anilines is 1. The van der Waals surface area contributed by atoms with Crippen LogP contribution in [0.4, 0.5) is 10.5 Å². The molecule has 0 spiro atoms. The van der Waals surface area contributed by atoms with Crippen LogP contribution in [0.25, 0.3) is 10.6 Å². The summed E-state index contributed by atoms with van der Waals surface area (Å²) in [5.41, 5.74) is 5.15. The van der Waals surface area contributed by atoms with E-state index >= 15 is 0 Å². The number of carbonyl (C=O) groups is 1. The van der Waals surface area contributed by atoms with Gasteiger partial charge in [-0.25, -0.2) is 4.79 Å². The van der Waals surface area contributed by atoms with Crippen molar-refractivity contribution in [2.75, 3.05) is 31.1 Å². The second-order valence-corrected chi connectivity index (χ2v) is 7.81. The molecule has 1 aliphatic carbocycles. The Balaban J connectivity index is 1.55. The first-order valence-corrected chi connectivity index (χ1v) is 9.88. The van der Waals surface area contributed by atoms with E-state index in [4.69, 9.17) is 16.3 Å². The Morgan fingerprint density at radius 2 is 2.00 bits per heavy atom. The first-order chi connectivity index (χ1) is 13.4. The van der Waals surface area contributed by atoms with E-state index < -0.39 is 0 Å². The van der Waals surface area contributed by atoms with Gasteiger partial charge in [0.05, 0.1) is 23.0 Å². The largest absolute Gasteiger partial charge is 0.447 e. The first-order valence-electron chi connectivity index (χ1n) is 9.50. The topological polar surface area (TPSA) is 63.5 Å². The van der Waals surface area contributed by atoms with Crippen LogP contribution in [0.3, 0.4) is 0 Å². The molecular weight excluding hydrogens is 378 g/mol. The van der Waals surface area contributed by atoms with Crippen LogP contribution >= 0.6 is 11.6 Å². The summed E-state index contributed by atoms with van der Waals surface area (Å²) < 4.78 is 7.09. The number of aryl methyl sites for hydroxylation is 1. The number of allylic oxidation sites excluding steroid dienone is 1. The van der Waals surface area contributed by atoms with Crippen LogP contribution in [0.5, 0.6) is 0 Å². The zero-order valence-electron chi connectivity index (χ0n) is 16.4. The number of carbonyl (C=O) groups excluding carboxylic acids is 1. The average Bonchev–Trinajstić information content (AvgIpc) is 3.24. The molecule has 0 N–H and O–H groups in total. The molecule has 0 saturated carbocycles. The smallest absolute Gasteiger partial charge is 0.410 e. The number of aromatic nitrogens is 3. The van der Waals surface area contributed by atoms with Crippen LogP contribution < -0.4 is 4.90 Å². The quantitative estimate of drug-likeness (QED) is 0.790. The van der Waals surface area contributed by atoms with E-state index in [0.29, 0.717) is 19.5 Å². The molecule has 7 nitrogen and oxygen atoms in total. The first kappa shape index (κ1) is 18.8. The molecule has 3 heterocycles. The van der Waals surface area contributed by atoms with E-state index in [1.54, 1.807) is 9.58 Å². The average molecular weight is 402 g/mol. The minimum atomic E-state index is -0.244. The number of fused-ring (bicyclic) bond motifs is 1. The van der Waals surface area contributed by atoms with Crippen molar-refractivity contribution in [2.45, 2.75) is 26.4 Å². The third kappa shape index (κ3) is 3.46. The predicted molar refractivity (Wildman–Crippen MR) is 109 cm³/mol. The molecule has 1 fully saturated rings. The lowest BCUT2D eigenvalue weighted by molar-refractivity contribution is 0.0751. The van der Waals surface area contributed by atoms with Gasteiger partial charge in [0, 0.05) is 68.9 Å². The highest BCUT2D eigenvalue weighted by molar-refractivity contribution is 6.54. The van der Waals surface area contributed by atoms with Gasteiger partial charge < -0.3 is 14.5 Å². The maximum absolute atomic E-state index is 12.1. The highest BCUT2D eigenvalue weighted by atomic mass is 35.5. The van der Waals surface area contributed by atoms with Crippen molar-refractivity contribution in [3.8, 4) is 0 Å². The standard InChI is InChI=1S/C20H24ClN5O2/c1-13(2)28-20(27)26-8-6-25(7-9-26)17-4-5-22-16-10-15(19(21)18(16)17)14-11-23-24(3)12-14/h4-5,11-13H,6-10H2,1-3H3. The van der Waals surface area contributed by atoms with Crippen molar-refractivity contribution in [2.24, 2.45) is 7.05 Å². The van der Waals surface area contributed by atoms with Crippen LogP contribution in [0.2, 0.25) is 0 Å². The van der Waals surface area contributed by atoms with Crippen LogP contribution in [0.1, 0.15) is 30.7 Å². The van der Waals surface area contributed by atoms with Gasteiger partial charge in [-0.2, -0.15) is 5.10 Å². The molecular formula is C20H24ClN5O2. The molecule has 1 saturated heterocycles. The molecule has 1 amide bonds. The summed E-state index contributed by atoms with van der Waals surface area (Å²) in [5, 5.41) is 5.00. The summed E-state index contributed by atoms with van der Waals surface area (Å²) in [4.78, 5) is 20.7. The van der Waals surface area contributed by atoms with Crippen LogP contribution in [-0.4, -0.2) is 58.0 Å². The van der Waals surface area contributed by atoms with Crippen molar-refractivity contribution >= 4 is 34.0 Å². The molecule has 2 aromatic heterocycles. The van der Waals surface area contributed by atoms with Crippen LogP contribution in [0, 0.1) is 0 Å².